The van der Waals surface area contributed by atoms with E-state index in [9.17, 15) is 23.6 Å². The maximum Gasteiger partial charge on any atom is 0.308 e. The van der Waals surface area contributed by atoms with Crippen LogP contribution in [0.3, 0.4) is 0 Å². The summed E-state index contributed by atoms with van der Waals surface area (Å²) in [5.74, 6) is -2.46. The molecule has 1 aliphatic carbocycles. The van der Waals surface area contributed by atoms with E-state index >= 15 is 0 Å². The molecule has 2 fully saturated rings. The third-order valence-electron chi connectivity index (χ3n) is 5.28. The van der Waals surface area contributed by atoms with Gasteiger partial charge in [0.1, 0.15) is 5.82 Å². The van der Waals surface area contributed by atoms with Crippen LogP contribution >= 0.6 is 0 Å². The third-order valence-corrected chi connectivity index (χ3v) is 5.28. The summed E-state index contributed by atoms with van der Waals surface area (Å²) in [6.07, 6.45) is 2.14. The number of hydrogen-bond acceptors (Lipinski definition) is 5. The number of fused-ring (bicyclic) bond motifs is 1. The van der Waals surface area contributed by atoms with Crippen molar-refractivity contribution >= 4 is 23.6 Å². The number of carbonyl (C=O) groups excluding carboxylic acids is 4. The summed E-state index contributed by atoms with van der Waals surface area (Å²) >= 11 is 0. The Balaban J connectivity index is 1.52. The maximum absolute atomic E-state index is 12.9. The quantitative estimate of drug-likeness (QED) is 0.434. The molecule has 0 aromatic heterocycles. The summed E-state index contributed by atoms with van der Waals surface area (Å²) in [4.78, 5) is 50.2. The first-order valence-electron chi connectivity index (χ1n) is 9.23. The zero-order valence-corrected chi connectivity index (χ0v) is 15.2. The Bertz CT molecular complexity index is 736. The van der Waals surface area contributed by atoms with Gasteiger partial charge in [0.25, 0.3) is 0 Å². The molecule has 0 radical (unpaired) electrons. The fourth-order valence-electron chi connectivity index (χ4n) is 3.81. The van der Waals surface area contributed by atoms with Gasteiger partial charge in [-0.3, -0.25) is 24.1 Å². The maximum atomic E-state index is 12.9. The minimum atomic E-state index is -1.03. The van der Waals surface area contributed by atoms with Gasteiger partial charge in [0.2, 0.25) is 17.6 Å². The topological polar surface area (TPSA) is 80.8 Å². The van der Waals surface area contributed by atoms with Gasteiger partial charge in [-0.2, -0.15) is 0 Å². The molecule has 3 atom stereocenters. The molecule has 144 valence electrons. The van der Waals surface area contributed by atoms with Crippen LogP contribution in [0.25, 0.3) is 0 Å². The van der Waals surface area contributed by atoms with E-state index in [2.05, 4.69) is 0 Å². The Morgan fingerprint density at radius 3 is 2.22 bits per heavy atom. The predicted molar refractivity (Wildman–Crippen MR) is 93.1 cm³/mol. The number of amides is 2. The molecule has 1 aromatic carbocycles. The van der Waals surface area contributed by atoms with Crippen molar-refractivity contribution in [1.29, 1.82) is 0 Å². The molecule has 6 nitrogen and oxygen atoms in total. The van der Waals surface area contributed by atoms with Gasteiger partial charge in [-0.25, -0.2) is 4.39 Å². The first-order valence-corrected chi connectivity index (χ1v) is 9.23. The number of imide groups is 1. The number of ether oxygens (including phenoxy) is 1. The fraction of sp³-hybridized carbons (Fsp3) is 0.500. The van der Waals surface area contributed by atoms with Gasteiger partial charge in [-0.1, -0.05) is 12.8 Å². The van der Waals surface area contributed by atoms with Crippen LogP contribution < -0.4 is 0 Å². The lowest BCUT2D eigenvalue weighted by Crippen LogP contribution is -2.34. The first-order chi connectivity index (χ1) is 12.9. The monoisotopic (exact) mass is 375 g/mol. The third kappa shape index (κ3) is 4.07. The van der Waals surface area contributed by atoms with Crippen LogP contribution in [-0.4, -0.2) is 41.1 Å². The Kier molecular flexibility index (Phi) is 5.68. The van der Waals surface area contributed by atoms with E-state index in [0.717, 1.165) is 42.7 Å². The van der Waals surface area contributed by atoms with Gasteiger partial charge in [0, 0.05) is 12.1 Å². The Morgan fingerprint density at radius 2 is 1.67 bits per heavy atom. The number of nitrogens with zero attached hydrogens (tertiary/aromatic N) is 1. The molecule has 0 bridgehead atoms. The average Bonchev–Trinajstić information content (AvgIpc) is 2.91. The molecule has 0 N–H and O–H groups in total. The summed E-state index contributed by atoms with van der Waals surface area (Å²) in [5.41, 5.74) is 0.241. The van der Waals surface area contributed by atoms with E-state index in [1.165, 1.54) is 19.1 Å². The van der Waals surface area contributed by atoms with Crippen molar-refractivity contribution in [2.75, 3.05) is 6.54 Å². The molecule has 1 aliphatic heterocycles. The SMILES string of the molecule is C[C@@H](OC(=O)CCN1C(=O)[C@H]2CCCC[C@@H]2C1=O)C(=O)c1ccc(F)cc1. The number of esters is 1. The zero-order valence-electron chi connectivity index (χ0n) is 15.2. The second-order valence-electron chi connectivity index (χ2n) is 7.08. The highest BCUT2D eigenvalue weighted by Crippen LogP contribution is 2.37. The molecule has 1 saturated carbocycles. The predicted octanol–water partition coefficient (Wildman–Crippen LogP) is 2.51. The number of rotatable bonds is 6. The second kappa shape index (κ2) is 7.98. The van der Waals surface area contributed by atoms with Gasteiger partial charge in [-0.15, -0.1) is 0 Å². The van der Waals surface area contributed by atoms with Crippen molar-refractivity contribution in [3.63, 3.8) is 0 Å². The first kappa shape index (κ1) is 19.2. The lowest BCUT2D eigenvalue weighted by atomic mass is 9.81. The highest BCUT2D eigenvalue weighted by atomic mass is 19.1. The van der Waals surface area contributed by atoms with Gasteiger partial charge in [0.05, 0.1) is 18.3 Å². The molecule has 0 unspecified atom stereocenters. The highest BCUT2D eigenvalue weighted by molar-refractivity contribution is 6.05. The van der Waals surface area contributed by atoms with Crippen LogP contribution in [0.2, 0.25) is 0 Å². The van der Waals surface area contributed by atoms with Crippen LogP contribution in [0, 0.1) is 17.7 Å². The second-order valence-corrected chi connectivity index (χ2v) is 7.08. The molecule has 3 rings (SSSR count). The number of likely N-dealkylation sites (tertiary alicyclic amines) is 1. The molecule has 27 heavy (non-hydrogen) atoms. The molecular formula is C20H22FNO5. The van der Waals surface area contributed by atoms with Crippen LogP contribution in [0.1, 0.15) is 49.4 Å². The summed E-state index contributed by atoms with van der Waals surface area (Å²) in [7, 11) is 0. The number of Topliss-reactive ketones (excluding diaryl/α,β-unsaturated/α-hetero) is 1. The van der Waals surface area contributed by atoms with Crippen molar-refractivity contribution in [3.8, 4) is 0 Å². The van der Waals surface area contributed by atoms with Crippen molar-refractivity contribution in [2.45, 2.75) is 45.1 Å². The zero-order chi connectivity index (χ0) is 19.6. The molecule has 2 amide bonds. The van der Waals surface area contributed by atoms with E-state index in [1.807, 2.05) is 0 Å². The molecule has 0 spiro atoms. The lowest BCUT2D eigenvalue weighted by Gasteiger charge is -2.19. The van der Waals surface area contributed by atoms with Crippen LogP contribution in [0.15, 0.2) is 24.3 Å². The van der Waals surface area contributed by atoms with E-state index in [4.69, 9.17) is 4.74 Å². The molecule has 2 aliphatic rings. The Labute approximate surface area is 156 Å². The van der Waals surface area contributed by atoms with Gasteiger partial charge in [-0.05, 0) is 44.0 Å². The summed E-state index contributed by atoms with van der Waals surface area (Å²) < 4.78 is 18.0. The minimum absolute atomic E-state index is 0.0268. The molecular weight excluding hydrogens is 353 g/mol. The average molecular weight is 375 g/mol. The molecule has 7 heteroatoms. The number of carbonyl (C=O) groups is 4. The van der Waals surface area contributed by atoms with E-state index < -0.39 is 23.7 Å². The number of halogens is 1. The fourth-order valence-corrected chi connectivity index (χ4v) is 3.81. The van der Waals surface area contributed by atoms with Crippen LogP contribution in [0.5, 0.6) is 0 Å². The standard InChI is InChI=1S/C20H22FNO5/c1-12(18(24)13-6-8-14(21)9-7-13)27-17(23)10-11-22-19(25)15-4-2-3-5-16(15)20(22)26/h6-9,12,15-16H,2-5,10-11H2,1H3/t12-,15+,16+/m1/s1. The Hall–Kier alpha value is -2.57. The minimum Gasteiger partial charge on any atom is -0.454 e. The normalized spacial score (nSPS) is 23.1. The number of hydrogen-bond donors (Lipinski definition) is 0. The van der Waals surface area contributed by atoms with Crippen LogP contribution in [-0.2, 0) is 19.1 Å². The van der Waals surface area contributed by atoms with Crippen LogP contribution in [0.4, 0.5) is 4.39 Å². The van der Waals surface area contributed by atoms with Gasteiger partial charge >= 0.3 is 5.97 Å². The largest absolute Gasteiger partial charge is 0.454 e. The van der Waals surface area contributed by atoms with Gasteiger partial charge in [0.15, 0.2) is 6.10 Å². The molecule has 1 saturated heterocycles. The van der Waals surface area contributed by atoms with E-state index in [0.29, 0.717) is 0 Å². The Morgan fingerprint density at radius 1 is 1.11 bits per heavy atom. The van der Waals surface area contributed by atoms with E-state index in [1.54, 1.807) is 0 Å². The molecule has 1 aromatic rings. The number of ketones is 1. The summed E-state index contributed by atoms with van der Waals surface area (Å²) in [6.45, 7) is 1.41. The smallest absolute Gasteiger partial charge is 0.308 e. The van der Waals surface area contributed by atoms with E-state index in [-0.39, 0.29) is 42.2 Å². The lowest BCUT2D eigenvalue weighted by molar-refractivity contribution is -0.147. The number of benzene rings is 1. The van der Waals surface area contributed by atoms with Crippen molar-refractivity contribution in [1.82, 2.24) is 4.90 Å². The van der Waals surface area contributed by atoms with Crippen molar-refractivity contribution < 1.29 is 28.3 Å². The van der Waals surface area contributed by atoms with Crippen molar-refractivity contribution in [3.05, 3.63) is 35.6 Å². The van der Waals surface area contributed by atoms with Crippen molar-refractivity contribution in [2.24, 2.45) is 11.8 Å². The highest BCUT2D eigenvalue weighted by Gasteiger charge is 2.47. The summed E-state index contributed by atoms with van der Waals surface area (Å²) in [6, 6.07) is 4.97. The summed E-state index contributed by atoms with van der Waals surface area (Å²) in [5, 5.41) is 0. The molecule has 1 heterocycles. The van der Waals surface area contributed by atoms with Gasteiger partial charge < -0.3 is 4.74 Å².